The van der Waals surface area contributed by atoms with E-state index in [1.165, 1.54) is 13.5 Å². The predicted octanol–water partition coefficient (Wildman–Crippen LogP) is 2.51. The van der Waals surface area contributed by atoms with Gasteiger partial charge in [0.05, 0.1) is 0 Å². The molecule has 1 heterocycles. The number of allylic oxidation sites excluding steroid dienone is 2. The average molecular weight is 421 g/mol. The van der Waals surface area contributed by atoms with Gasteiger partial charge in [0, 0.05) is 0 Å². The van der Waals surface area contributed by atoms with E-state index in [2.05, 4.69) is 20.3 Å². The molecule has 0 atom stereocenters. The Balaban J connectivity index is 2.26. The van der Waals surface area contributed by atoms with E-state index in [1.54, 1.807) is 12.3 Å². The van der Waals surface area contributed by atoms with Crippen LogP contribution >= 0.6 is 15.9 Å². The molecule has 0 saturated heterocycles. The fraction of sp³-hybridized carbons (Fsp3) is 0.533. The Labute approximate surface area is 140 Å². The van der Waals surface area contributed by atoms with Crippen LogP contribution in [0.4, 0.5) is 0 Å². The summed E-state index contributed by atoms with van der Waals surface area (Å²) in [6.45, 7) is 0. The Bertz CT molecular complexity index is 493. The molecule has 1 saturated carbocycles. The Morgan fingerprint density at radius 2 is 2.14 bits per heavy atom. The van der Waals surface area contributed by atoms with Gasteiger partial charge in [-0.25, -0.2) is 0 Å². The minimum atomic E-state index is -0.707. The van der Waals surface area contributed by atoms with E-state index in [9.17, 15) is 9.90 Å². The van der Waals surface area contributed by atoms with Gasteiger partial charge in [0.2, 0.25) is 0 Å². The van der Waals surface area contributed by atoms with Gasteiger partial charge in [-0.05, 0) is 0 Å². The molecule has 0 aromatic heterocycles. The van der Waals surface area contributed by atoms with E-state index < -0.39 is 5.60 Å². The molecular weight excluding hydrogens is 401 g/mol. The van der Waals surface area contributed by atoms with Gasteiger partial charge in [0.1, 0.15) is 0 Å². The van der Waals surface area contributed by atoms with Gasteiger partial charge >= 0.3 is 140 Å². The summed E-state index contributed by atoms with van der Waals surface area (Å²) in [6.07, 6.45) is 10.9. The molecule has 1 aliphatic carbocycles. The number of ether oxygens (including phenoxy) is 1. The summed E-state index contributed by atoms with van der Waals surface area (Å²) in [5.41, 5.74) is -0.184. The Kier molecular flexibility index (Phi) is 6.11. The molecule has 1 aliphatic heterocycles. The second kappa shape index (κ2) is 7.63. The summed E-state index contributed by atoms with van der Waals surface area (Å²) >= 11 is 3.57. The van der Waals surface area contributed by atoms with E-state index in [4.69, 9.17) is 4.74 Å². The topological polar surface area (TPSA) is 58.6 Å². The summed E-state index contributed by atoms with van der Waals surface area (Å²) < 4.78 is 10.0. The average Bonchev–Trinajstić information content (AvgIpc) is 2.58. The third-order valence-electron chi connectivity index (χ3n) is 3.76. The second-order valence-electron chi connectivity index (χ2n) is 5.23. The number of methoxy groups -OCH3 is 1. The maximum absolute atomic E-state index is 11.7. The Morgan fingerprint density at radius 1 is 1.43 bits per heavy atom. The van der Waals surface area contributed by atoms with E-state index in [-0.39, 0.29) is 21.1 Å². The SMILES string of the molecule is COC(=O)C1=C/C/C(Br)=C(/C2(O)CCCCC2)[Se]N/C=C\1. The van der Waals surface area contributed by atoms with Crippen molar-refractivity contribution in [3.63, 3.8) is 0 Å². The number of esters is 1. The van der Waals surface area contributed by atoms with Crippen molar-refractivity contribution in [3.05, 3.63) is 32.9 Å². The minimum absolute atomic E-state index is 0.0408. The van der Waals surface area contributed by atoms with Crippen LogP contribution < -0.4 is 4.33 Å². The first-order chi connectivity index (χ1) is 10.1. The van der Waals surface area contributed by atoms with Crippen LogP contribution in [0.2, 0.25) is 0 Å². The van der Waals surface area contributed by atoms with Crippen molar-refractivity contribution in [2.75, 3.05) is 7.11 Å². The molecule has 2 N–H and O–H groups in total. The van der Waals surface area contributed by atoms with E-state index in [1.807, 2.05) is 6.08 Å². The second-order valence-corrected chi connectivity index (χ2v) is 7.97. The van der Waals surface area contributed by atoms with Gasteiger partial charge in [-0.2, -0.15) is 0 Å². The van der Waals surface area contributed by atoms with Gasteiger partial charge in [-0.15, -0.1) is 0 Å². The van der Waals surface area contributed by atoms with Crippen molar-refractivity contribution in [3.8, 4) is 0 Å². The zero-order valence-electron chi connectivity index (χ0n) is 12.0. The zero-order valence-corrected chi connectivity index (χ0v) is 15.3. The number of halogens is 1. The van der Waals surface area contributed by atoms with Crippen molar-refractivity contribution < 1.29 is 14.6 Å². The first-order valence-corrected chi connectivity index (χ1v) is 9.56. The third-order valence-corrected chi connectivity index (χ3v) is 7.35. The summed E-state index contributed by atoms with van der Waals surface area (Å²) in [5, 5.41) is 10.9. The molecule has 2 aliphatic rings. The van der Waals surface area contributed by atoms with Crippen molar-refractivity contribution in [1.29, 1.82) is 0 Å². The maximum atomic E-state index is 11.7. The van der Waals surface area contributed by atoms with Crippen LogP contribution in [0.3, 0.4) is 0 Å². The fourth-order valence-corrected chi connectivity index (χ4v) is 5.33. The Hall–Kier alpha value is -0.551. The monoisotopic (exact) mass is 421 g/mol. The number of hydrogen-bond donors (Lipinski definition) is 2. The summed E-state index contributed by atoms with van der Waals surface area (Å²) in [5.74, 6) is -0.347. The number of carbonyl (C=O) groups is 1. The quantitative estimate of drug-likeness (QED) is 0.532. The zero-order chi connectivity index (χ0) is 15.3. The Morgan fingerprint density at radius 3 is 2.81 bits per heavy atom. The van der Waals surface area contributed by atoms with Gasteiger partial charge < -0.3 is 0 Å². The van der Waals surface area contributed by atoms with Crippen LogP contribution in [-0.2, 0) is 9.53 Å². The number of carbonyl (C=O) groups excluding carboxylic acids is 1. The van der Waals surface area contributed by atoms with E-state index in [0.717, 1.165) is 34.6 Å². The fourth-order valence-electron chi connectivity index (χ4n) is 2.61. The first-order valence-electron chi connectivity index (χ1n) is 7.06. The molecule has 0 aromatic carbocycles. The molecule has 21 heavy (non-hydrogen) atoms. The molecule has 116 valence electrons. The van der Waals surface area contributed by atoms with Gasteiger partial charge in [0.25, 0.3) is 0 Å². The van der Waals surface area contributed by atoms with Crippen LogP contribution in [0.5, 0.6) is 0 Å². The number of aliphatic hydroxyl groups is 1. The van der Waals surface area contributed by atoms with Crippen LogP contribution in [0, 0.1) is 0 Å². The molecule has 0 unspecified atom stereocenters. The summed E-state index contributed by atoms with van der Waals surface area (Å²) in [7, 11) is 1.38. The number of hydrogen-bond acceptors (Lipinski definition) is 4. The van der Waals surface area contributed by atoms with Crippen LogP contribution in [0.1, 0.15) is 38.5 Å². The first kappa shape index (κ1) is 16.8. The molecule has 6 heteroatoms. The van der Waals surface area contributed by atoms with Crippen LogP contribution in [0.25, 0.3) is 0 Å². The van der Waals surface area contributed by atoms with Gasteiger partial charge in [-0.3, -0.25) is 0 Å². The van der Waals surface area contributed by atoms with Crippen molar-refractivity contribution in [2.24, 2.45) is 0 Å². The van der Waals surface area contributed by atoms with Crippen molar-refractivity contribution in [2.45, 2.75) is 44.1 Å². The number of rotatable bonds is 2. The van der Waals surface area contributed by atoms with E-state index in [0.29, 0.717) is 12.0 Å². The molecule has 0 radical (unpaired) electrons. The number of nitrogens with one attached hydrogen (secondary N) is 1. The van der Waals surface area contributed by atoms with Crippen molar-refractivity contribution >= 4 is 37.1 Å². The molecule has 4 nitrogen and oxygen atoms in total. The molecule has 0 bridgehead atoms. The summed E-state index contributed by atoms with van der Waals surface area (Å²) in [6, 6.07) is 0. The predicted molar refractivity (Wildman–Crippen MR) is 86.7 cm³/mol. The molecule has 2 rings (SSSR count). The summed E-state index contributed by atoms with van der Waals surface area (Å²) in [4.78, 5) is 11.7. The van der Waals surface area contributed by atoms with Crippen LogP contribution in [-0.4, -0.2) is 39.0 Å². The molecule has 0 spiro atoms. The van der Waals surface area contributed by atoms with Crippen molar-refractivity contribution in [1.82, 2.24) is 4.33 Å². The third kappa shape index (κ3) is 4.22. The van der Waals surface area contributed by atoms with E-state index >= 15 is 0 Å². The molecule has 1 fully saturated rings. The van der Waals surface area contributed by atoms with Gasteiger partial charge in [-0.1, -0.05) is 0 Å². The molecular formula is C15H20BrNO3Se. The van der Waals surface area contributed by atoms with Gasteiger partial charge in [0.15, 0.2) is 0 Å². The standard InChI is InChI=1S/C15H20BrNO3Se/c1-20-14(18)11-5-6-12(16)13(21-17-10-7-11)15(19)8-3-2-4-9-15/h5,7,10,17,19H,2-4,6,8-9H2,1H3/b10-7-,11-5+,13-12+. The van der Waals surface area contributed by atoms with Crippen LogP contribution in [0.15, 0.2) is 32.9 Å². The molecule has 0 aromatic rings. The molecule has 0 amide bonds. The normalized spacial score (nSPS) is 30.0.